The molecular formula is C17H29N5O3S. The number of amides is 1. The predicted molar refractivity (Wildman–Crippen MR) is 99.8 cm³/mol. The minimum absolute atomic E-state index is 0.201. The van der Waals surface area contributed by atoms with Crippen LogP contribution in [0.15, 0.2) is 12.3 Å². The van der Waals surface area contributed by atoms with Gasteiger partial charge >= 0.3 is 0 Å². The molecular weight excluding hydrogens is 354 g/mol. The number of rotatable bonds is 5. The molecule has 0 aromatic carbocycles. The summed E-state index contributed by atoms with van der Waals surface area (Å²) in [7, 11) is -3.68. The number of nitrogens with zero attached hydrogens (tertiary/aromatic N) is 4. The van der Waals surface area contributed by atoms with E-state index in [-0.39, 0.29) is 5.91 Å². The Hall–Kier alpha value is -1.45. The summed E-state index contributed by atoms with van der Waals surface area (Å²) in [5.74, 6) is 1.18. The molecule has 2 aliphatic heterocycles. The van der Waals surface area contributed by atoms with Crippen LogP contribution in [0.25, 0.3) is 0 Å². The average molecular weight is 384 g/mol. The Balaban J connectivity index is 1.73. The summed E-state index contributed by atoms with van der Waals surface area (Å²) in [6.07, 6.45) is 3.97. The number of piperidine rings is 2. The van der Waals surface area contributed by atoms with E-state index in [2.05, 4.69) is 23.7 Å². The van der Waals surface area contributed by atoms with E-state index in [9.17, 15) is 13.2 Å². The molecule has 0 aliphatic carbocycles. The van der Waals surface area contributed by atoms with E-state index < -0.39 is 16.3 Å². The van der Waals surface area contributed by atoms with Crippen molar-refractivity contribution in [3.8, 4) is 0 Å². The molecule has 1 aromatic heterocycles. The summed E-state index contributed by atoms with van der Waals surface area (Å²) in [4.78, 5) is 14.6. The molecule has 1 aromatic rings. The first-order chi connectivity index (χ1) is 12.3. The number of aryl methyl sites for hydroxylation is 1. The van der Waals surface area contributed by atoms with Gasteiger partial charge < -0.3 is 0 Å². The van der Waals surface area contributed by atoms with Crippen LogP contribution in [-0.4, -0.2) is 54.1 Å². The van der Waals surface area contributed by atoms with E-state index in [4.69, 9.17) is 0 Å². The van der Waals surface area contributed by atoms with Crippen LogP contribution in [0, 0.1) is 11.8 Å². The number of nitrogens with one attached hydrogen (secondary N) is 1. The van der Waals surface area contributed by atoms with Crippen LogP contribution in [0.2, 0.25) is 0 Å². The summed E-state index contributed by atoms with van der Waals surface area (Å²) >= 11 is 0. The lowest BCUT2D eigenvalue weighted by Crippen LogP contribution is -2.57. The molecule has 2 saturated heterocycles. The van der Waals surface area contributed by atoms with Crippen LogP contribution in [-0.2, 0) is 21.5 Å². The highest BCUT2D eigenvalue weighted by atomic mass is 32.2. The first-order valence-corrected chi connectivity index (χ1v) is 10.9. The zero-order valence-electron chi connectivity index (χ0n) is 15.8. The second kappa shape index (κ2) is 7.66. The number of carbonyl (C=O) groups is 1. The number of aromatic nitrogens is 2. The Bertz CT molecular complexity index is 737. The lowest BCUT2D eigenvalue weighted by molar-refractivity contribution is -0.121. The van der Waals surface area contributed by atoms with Crippen molar-refractivity contribution >= 4 is 21.9 Å². The van der Waals surface area contributed by atoms with Gasteiger partial charge in [-0.05, 0) is 38.0 Å². The van der Waals surface area contributed by atoms with E-state index in [1.165, 1.54) is 4.31 Å². The highest BCUT2D eigenvalue weighted by molar-refractivity contribution is 7.87. The van der Waals surface area contributed by atoms with Gasteiger partial charge in [0.1, 0.15) is 11.9 Å². The van der Waals surface area contributed by atoms with Gasteiger partial charge in [-0.15, -0.1) is 0 Å². The monoisotopic (exact) mass is 383 g/mol. The van der Waals surface area contributed by atoms with Crippen molar-refractivity contribution in [2.45, 2.75) is 52.6 Å². The molecule has 1 amide bonds. The van der Waals surface area contributed by atoms with E-state index in [1.807, 2.05) is 6.92 Å². The average Bonchev–Trinajstić information content (AvgIpc) is 3.04. The number of hydrogen-bond acceptors (Lipinski definition) is 4. The first-order valence-electron chi connectivity index (χ1n) is 9.42. The molecule has 0 radical (unpaired) electrons. The van der Waals surface area contributed by atoms with Gasteiger partial charge in [-0.2, -0.15) is 22.5 Å². The van der Waals surface area contributed by atoms with Crippen molar-refractivity contribution in [3.63, 3.8) is 0 Å². The Morgan fingerprint density at radius 3 is 2.62 bits per heavy atom. The third kappa shape index (κ3) is 3.94. The number of carbonyl (C=O) groups excluding carboxylic acids is 1. The van der Waals surface area contributed by atoms with Gasteiger partial charge in [-0.25, -0.2) is 4.68 Å². The van der Waals surface area contributed by atoms with Gasteiger partial charge in [0.2, 0.25) is 5.91 Å². The van der Waals surface area contributed by atoms with Crippen molar-refractivity contribution < 1.29 is 13.2 Å². The molecule has 0 saturated carbocycles. The fourth-order valence-electron chi connectivity index (χ4n) is 4.07. The second-order valence-corrected chi connectivity index (χ2v) is 9.28. The van der Waals surface area contributed by atoms with Crippen molar-refractivity contribution in [1.82, 2.24) is 18.8 Å². The van der Waals surface area contributed by atoms with Gasteiger partial charge in [-0.3, -0.25) is 9.69 Å². The Kier molecular flexibility index (Phi) is 5.69. The molecule has 0 spiro atoms. The number of hydrogen-bond donors (Lipinski definition) is 1. The Morgan fingerprint density at radius 2 is 1.96 bits per heavy atom. The van der Waals surface area contributed by atoms with Crippen molar-refractivity contribution in [2.24, 2.45) is 11.8 Å². The van der Waals surface area contributed by atoms with E-state index in [1.54, 1.807) is 21.8 Å². The van der Waals surface area contributed by atoms with Gasteiger partial charge in [-0.1, -0.05) is 13.8 Å². The molecule has 146 valence electrons. The maximum atomic E-state index is 12.9. The Morgan fingerprint density at radius 1 is 1.27 bits per heavy atom. The molecule has 9 heteroatoms. The maximum absolute atomic E-state index is 12.9. The molecule has 3 heterocycles. The van der Waals surface area contributed by atoms with Crippen molar-refractivity contribution in [1.29, 1.82) is 0 Å². The normalized spacial score (nSPS) is 28.5. The molecule has 1 N–H and O–H groups in total. The first kappa shape index (κ1) is 19.3. The van der Waals surface area contributed by atoms with Crippen LogP contribution in [0.4, 0.5) is 5.82 Å². The van der Waals surface area contributed by atoms with Gasteiger partial charge in [0, 0.05) is 32.2 Å². The van der Waals surface area contributed by atoms with Crippen molar-refractivity contribution in [3.05, 3.63) is 12.3 Å². The van der Waals surface area contributed by atoms with Crippen LogP contribution in [0.1, 0.15) is 40.0 Å². The fourth-order valence-corrected chi connectivity index (χ4v) is 5.70. The lowest BCUT2D eigenvalue weighted by Gasteiger charge is -2.37. The molecule has 0 bridgehead atoms. The highest BCUT2D eigenvalue weighted by Gasteiger charge is 2.37. The molecule has 26 heavy (non-hydrogen) atoms. The van der Waals surface area contributed by atoms with E-state index in [0.717, 1.165) is 18.7 Å². The SMILES string of the molecule is CCn1nccc1N1CCC[C@@H](NS(=O)(=O)N2C[C@H](C)C[C@H](C)C2)C1=O. The van der Waals surface area contributed by atoms with Gasteiger partial charge in [0.15, 0.2) is 0 Å². The van der Waals surface area contributed by atoms with Crippen LogP contribution < -0.4 is 9.62 Å². The molecule has 8 nitrogen and oxygen atoms in total. The predicted octanol–water partition coefficient (Wildman–Crippen LogP) is 1.21. The minimum atomic E-state index is -3.68. The lowest BCUT2D eigenvalue weighted by atomic mass is 9.94. The Labute approximate surface area is 155 Å². The second-order valence-electron chi connectivity index (χ2n) is 7.58. The number of anilines is 1. The quantitative estimate of drug-likeness (QED) is 0.828. The van der Waals surface area contributed by atoms with Gasteiger partial charge in [0.25, 0.3) is 10.2 Å². The summed E-state index contributed by atoms with van der Waals surface area (Å²) in [6.45, 7) is 8.35. The molecule has 3 rings (SSSR count). The summed E-state index contributed by atoms with van der Waals surface area (Å²) < 4.78 is 31.6. The summed E-state index contributed by atoms with van der Waals surface area (Å²) in [5, 5.41) is 4.21. The largest absolute Gasteiger partial charge is 0.296 e. The fraction of sp³-hybridized carbons (Fsp3) is 0.765. The van der Waals surface area contributed by atoms with Crippen LogP contribution in [0.3, 0.4) is 0 Å². The zero-order chi connectivity index (χ0) is 18.9. The molecule has 2 aliphatic rings. The minimum Gasteiger partial charge on any atom is -0.296 e. The summed E-state index contributed by atoms with van der Waals surface area (Å²) in [6, 6.07) is 1.08. The molecule has 0 unspecified atom stereocenters. The third-order valence-corrected chi connectivity index (χ3v) is 6.74. The maximum Gasteiger partial charge on any atom is 0.280 e. The topological polar surface area (TPSA) is 87.5 Å². The van der Waals surface area contributed by atoms with Gasteiger partial charge in [0.05, 0.1) is 6.20 Å². The van der Waals surface area contributed by atoms with E-state index in [0.29, 0.717) is 44.4 Å². The highest BCUT2D eigenvalue weighted by Crippen LogP contribution is 2.25. The zero-order valence-corrected chi connectivity index (χ0v) is 16.6. The smallest absolute Gasteiger partial charge is 0.280 e. The van der Waals surface area contributed by atoms with Crippen LogP contribution >= 0.6 is 0 Å². The standard InChI is InChI=1S/C17H29N5O3S/c1-4-22-16(7-8-18-22)21-9-5-6-15(17(21)23)19-26(24,25)20-11-13(2)10-14(3)12-20/h7-8,13-15,19H,4-6,9-12H2,1-3H3/t13-,14+,15-/m1/s1. The summed E-state index contributed by atoms with van der Waals surface area (Å²) in [5.41, 5.74) is 0. The molecule has 3 atom stereocenters. The van der Waals surface area contributed by atoms with Crippen molar-refractivity contribution in [2.75, 3.05) is 24.5 Å². The molecule has 2 fully saturated rings. The van der Waals surface area contributed by atoms with Crippen LogP contribution in [0.5, 0.6) is 0 Å². The van der Waals surface area contributed by atoms with E-state index >= 15 is 0 Å². The third-order valence-electron chi connectivity index (χ3n) is 5.18.